The Labute approximate surface area is 453 Å². The lowest BCUT2D eigenvalue weighted by atomic mass is 9.77. The van der Waals surface area contributed by atoms with E-state index in [-0.39, 0.29) is 5.41 Å². The molecule has 404 valence electrons. The quantitative estimate of drug-likeness (QED) is 0.0451. The molecule has 0 amide bonds. The van der Waals surface area contributed by atoms with E-state index in [0.717, 1.165) is 122 Å². The highest BCUT2D eigenvalue weighted by Gasteiger charge is 2.34. The Kier molecular flexibility index (Phi) is 16.3. The van der Waals surface area contributed by atoms with E-state index in [4.69, 9.17) is 33.2 Å². The molecule has 6 unspecified atom stereocenters. The van der Waals surface area contributed by atoms with E-state index in [2.05, 4.69) is 150 Å². The molecule has 76 heavy (non-hydrogen) atoms. The summed E-state index contributed by atoms with van der Waals surface area (Å²) in [5.74, 6) is 3.67. The van der Waals surface area contributed by atoms with Crippen LogP contribution in [0.25, 0.3) is 0 Å². The van der Waals surface area contributed by atoms with Gasteiger partial charge in [-0.25, -0.2) is 0 Å². The number of benzene rings is 5. The van der Waals surface area contributed by atoms with Crippen LogP contribution in [-0.4, -0.2) is 122 Å². The van der Waals surface area contributed by atoms with Gasteiger partial charge in [-0.2, -0.15) is 0 Å². The normalized spacial score (nSPS) is 24.2. The summed E-state index contributed by atoms with van der Waals surface area (Å²) < 4.78 is 38.2. The van der Waals surface area contributed by atoms with Crippen LogP contribution in [0.3, 0.4) is 0 Å². The van der Waals surface area contributed by atoms with Gasteiger partial charge < -0.3 is 47.9 Å². The van der Waals surface area contributed by atoms with Crippen molar-refractivity contribution < 1.29 is 33.2 Å². The van der Waals surface area contributed by atoms with Gasteiger partial charge in [0.25, 0.3) is 0 Å². The third kappa shape index (κ3) is 16.5. The molecule has 9 aliphatic rings. The summed E-state index contributed by atoms with van der Waals surface area (Å²) in [6.45, 7) is 17.0. The minimum absolute atomic E-state index is 0.0488. The van der Waals surface area contributed by atoms with E-state index < -0.39 is 0 Å². The van der Waals surface area contributed by atoms with Gasteiger partial charge in [-0.1, -0.05) is 99.5 Å². The van der Waals surface area contributed by atoms with Crippen molar-refractivity contribution >= 4 is 17.1 Å². The third-order valence-corrected chi connectivity index (χ3v) is 16.7. The molecule has 3 aliphatic carbocycles. The van der Waals surface area contributed by atoms with Crippen molar-refractivity contribution in [2.45, 2.75) is 127 Å². The maximum Gasteiger partial charge on any atom is 0.119 e. The monoisotopic (exact) mass is 1030 g/mol. The fourth-order valence-electron chi connectivity index (χ4n) is 10.4. The van der Waals surface area contributed by atoms with Gasteiger partial charge >= 0.3 is 0 Å². The topological polar surface area (TPSA) is 94.1 Å². The predicted octanol–water partition coefficient (Wildman–Crippen LogP) is 11.3. The molecule has 5 aromatic rings. The molecule has 9 fully saturated rings. The largest absolute Gasteiger partial charge is 0.493 e. The van der Waals surface area contributed by atoms with Crippen LogP contribution in [0.4, 0.5) is 17.1 Å². The molecule has 0 aromatic heterocycles. The van der Waals surface area contributed by atoms with Crippen LogP contribution in [0.5, 0.6) is 5.75 Å². The van der Waals surface area contributed by atoms with Crippen molar-refractivity contribution in [2.75, 3.05) is 100 Å². The summed E-state index contributed by atoms with van der Waals surface area (Å²) in [4.78, 5) is 7.29. The number of ether oxygens (including phenoxy) is 7. The SMILES string of the molecule is CC(C)(c1ccc(CCC2CC2)cc1)c1ccc(CCC2CO2)cc1.c1cc(N(CC2CC2)CC2CO2)ccc1Cc1ccc(N(CC2CO2)CC2CO2)cc1.c1cc(N(CC2CO2)CC2CO2)ccc1OCC1CC1. The molecule has 0 spiro atoms. The van der Waals surface area contributed by atoms with Crippen LogP contribution < -0.4 is 19.4 Å². The van der Waals surface area contributed by atoms with E-state index in [0.29, 0.717) is 36.6 Å². The molecule has 0 N–H and O–H groups in total. The third-order valence-electron chi connectivity index (χ3n) is 16.7. The van der Waals surface area contributed by atoms with E-state index in [1.54, 1.807) is 0 Å². The summed E-state index contributed by atoms with van der Waals surface area (Å²) >= 11 is 0. The van der Waals surface area contributed by atoms with Gasteiger partial charge in [0.15, 0.2) is 0 Å². The fourth-order valence-corrected chi connectivity index (χ4v) is 10.4. The highest BCUT2D eigenvalue weighted by molar-refractivity contribution is 5.52. The van der Waals surface area contributed by atoms with Crippen molar-refractivity contribution in [3.05, 3.63) is 155 Å². The van der Waals surface area contributed by atoms with Crippen LogP contribution in [0, 0.1) is 17.8 Å². The van der Waals surface area contributed by atoms with Crippen molar-refractivity contribution in [3.8, 4) is 5.75 Å². The molecule has 5 aromatic carbocycles. The Morgan fingerprint density at radius 1 is 0.382 bits per heavy atom. The zero-order valence-electron chi connectivity index (χ0n) is 45.4. The molecule has 10 nitrogen and oxygen atoms in total. The second-order valence-electron chi connectivity index (χ2n) is 24.2. The first-order valence-corrected chi connectivity index (χ1v) is 29.3. The zero-order valence-corrected chi connectivity index (χ0v) is 45.4. The maximum atomic E-state index is 5.78. The van der Waals surface area contributed by atoms with Crippen LogP contribution in [0.1, 0.15) is 98.6 Å². The number of rotatable bonds is 28. The first-order chi connectivity index (χ1) is 37.3. The molecular formula is C66H83N3O7. The van der Waals surface area contributed by atoms with Crippen molar-refractivity contribution in [1.29, 1.82) is 0 Å². The molecule has 6 atom stereocenters. The maximum absolute atomic E-state index is 5.78. The highest BCUT2D eigenvalue weighted by Crippen LogP contribution is 2.37. The van der Waals surface area contributed by atoms with E-state index in [1.807, 2.05) is 0 Å². The lowest BCUT2D eigenvalue weighted by Gasteiger charge is -2.26. The summed E-state index contributed by atoms with van der Waals surface area (Å²) in [7, 11) is 0. The average Bonchev–Trinajstić information content (AvgIpc) is 4.25. The second kappa shape index (κ2) is 24.0. The van der Waals surface area contributed by atoms with Crippen molar-refractivity contribution in [3.63, 3.8) is 0 Å². The molecule has 10 heteroatoms. The predicted molar refractivity (Wildman–Crippen MR) is 303 cm³/mol. The summed E-state index contributed by atoms with van der Waals surface area (Å²) in [5, 5.41) is 0. The minimum Gasteiger partial charge on any atom is -0.493 e. The Morgan fingerprint density at radius 3 is 1.09 bits per heavy atom. The number of hydrogen-bond donors (Lipinski definition) is 0. The molecule has 6 saturated heterocycles. The average molecular weight is 1030 g/mol. The van der Waals surface area contributed by atoms with Crippen LogP contribution in [-0.2, 0) is 53.1 Å². The first kappa shape index (κ1) is 51.8. The van der Waals surface area contributed by atoms with Gasteiger partial charge in [0.05, 0.1) is 82.9 Å². The summed E-state index contributed by atoms with van der Waals surface area (Å²) in [5.41, 5.74) is 12.3. The Morgan fingerprint density at radius 2 is 0.724 bits per heavy atom. The number of aryl methyl sites for hydroxylation is 2. The smallest absolute Gasteiger partial charge is 0.119 e. The van der Waals surface area contributed by atoms with Crippen LogP contribution >= 0.6 is 0 Å². The fraction of sp³-hybridized carbons (Fsp3) is 0.545. The number of nitrogens with zero attached hydrogens (tertiary/aromatic N) is 3. The molecule has 0 radical (unpaired) electrons. The lowest BCUT2D eigenvalue weighted by Crippen LogP contribution is -2.31. The molecule has 3 saturated carbocycles. The minimum atomic E-state index is 0.0488. The van der Waals surface area contributed by atoms with Crippen molar-refractivity contribution in [2.24, 2.45) is 17.8 Å². The molecule has 6 heterocycles. The second-order valence-corrected chi connectivity index (χ2v) is 24.2. The van der Waals surface area contributed by atoms with Gasteiger partial charge in [-0.3, -0.25) is 0 Å². The van der Waals surface area contributed by atoms with Crippen molar-refractivity contribution in [1.82, 2.24) is 0 Å². The number of epoxide rings is 6. The van der Waals surface area contributed by atoms with Gasteiger partial charge in [0.1, 0.15) is 5.75 Å². The Hall–Kier alpha value is -4.94. The highest BCUT2D eigenvalue weighted by atomic mass is 16.6. The Bertz CT molecular complexity index is 2400. The lowest BCUT2D eigenvalue weighted by molar-refractivity contribution is 0.300. The van der Waals surface area contributed by atoms with E-state index >= 15 is 0 Å². The Balaban J connectivity index is 0.000000118. The van der Waals surface area contributed by atoms with Gasteiger partial charge in [-0.15, -0.1) is 0 Å². The zero-order chi connectivity index (χ0) is 51.3. The van der Waals surface area contributed by atoms with E-state index in [1.165, 1.54) is 108 Å². The molecule has 6 aliphatic heterocycles. The molecular weight excluding hydrogens is 947 g/mol. The molecule has 0 bridgehead atoms. The van der Waals surface area contributed by atoms with Gasteiger partial charge in [0.2, 0.25) is 0 Å². The summed E-state index contributed by atoms with van der Waals surface area (Å²) in [6, 6.07) is 45.2. The van der Waals surface area contributed by atoms with Crippen LogP contribution in [0.2, 0.25) is 0 Å². The number of anilines is 3. The van der Waals surface area contributed by atoms with Gasteiger partial charge in [0, 0.05) is 61.7 Å². The van der Waals surface area contributed by atoms with E-state index in [9.17, 15) is 0 Å². The van der Waals surface area contributed by atoms with Gasteiger partial charge in [-0.05, 0) is 157 Å². The first-order valence-electron chi connectivity index (χ1n) is 29.3. The summed E-state index contributed by atoms with van der Waals surface area (Å²) in [6.07, 6.45) is 16.7. The number of hydrogen-bond acceptors (Lipinski definition) is 10. The standard InChI is InChI=1S/C26H32N2O3.C24H30O.C16H21NO3/c1-2-21(1)12-27(13-24-16-29-24)22-7-3-19(4-8-22)11-20-5-9-23(10-6-20)28(14-25-17-30-25)15-26-18-31-26;1-24(2,21-12-7-19(8-13-21)6-5-18-3-4-18)22-14-9-20(10-15-22)11-16-23-17-25-23;1-2-12(1)9-18-14-5-3-13(4-6-14)17(7-15-10-19-15)8-16-11-20-16/h3-10,21,24-26H,1-2,11-18H2;7-10,12-15,18,23H,3-6,11,16-17H2,1-2H3;3-6,12,15-16H,1-2,7-11H2. The van der Waals surface area contributed by atoms with Crippen LogP contribution in [0.15, 0.2) is 121 Å². The molecule has 14 rings (SSSR count).